The van der Waals surface area contributed by atoms with Gasteiger partial charge in [-0.05, 0) is 29.8 Å². The first-order valence-corrected chi connectivity index (χ1v) is 6.22. The lowest BCUT2D eigenvalue weighted by atomic mass is 10.1. The Balaban J connectivity index is 2.11. The molecule has 0 amide bonds. The molecule has 0 unspecified atom stereocenters. The van der Waals surface area contributed by atoms with Gasteiger partial charge in [0.25, 0.3) is 0 Å². The van der Waals surface area contributed by atoms with E-state index in [2.05, 4.69) is 0 Å². The van der Waals surface area contributed by atoms with Crippen molar-refractivity contribution in [3.05, 3.63) is 63.6 Å². The number of benzene rings is 2. The van der Waals surface area contributed by atoms with E-state index >= 15 is 0 Å². The summed E-state index contributed by atoms with van der Waals surface area (Å²) in [5.41, 5.74) is 0.845. The van der Waals surface area contributed by atoms with Crippen LogP contribution in [0, 0.1) is 0 Å². The zero-order valence-electron chi connectivity index (χ0n) is 9.77. The van der Waals surface area contributed by atoms with Gasteiger partial charge in [0.2, 0.25) is 0 Å². The zero-order valence-corrected chi connectivity index (χ0v) is 11.3. The molecule has 1 N–H and O–H groups in total. The van der Waals surface area contributed by atoms with Crippen LogP contribution in [0.25, 0.3) is 0 Å². The van der Waals surface area contributed by atoms with E-state index in [9.17, 15) is 4.79 Å². The molecule has 0 atom stereocenters. The molecule has 0 saturated heterocycles. The third kappa shape index (κ3) is 3.40. The molecule has 0 aliphatic carbocycles. The fraction of sp³-hybridized carbons (Fsp3) is 0.0714. The lowest BCUT2D eigenvalue weighted by molar-refractivity contribution is 0.0697. The van der Waals surface area contributed by atoms with Crippen molar-refractivity contribution in [1.82, 2.24) is 0 Å². The second-order valence-electron chi connectivity index (χ2n) is 3.84. The molecule has 98 valence electrons. The fourth-order valence-electron chi connectivity index (χ4n) is 1.54. The van der Waals surface area contributed by atoms with E-state index in [1.54, 1.807) is 24.3 Å². The second kappa shape index (κ2) is 5.95. The monoisotopic (exact) mass is 296 g/mol. The van der Waals surface area contributed by atoms with Crippen molar-refractivity contribution >= 4 is 29.2 Å². The first-order chi connectivity index (χ1) is 9.08. The molecule has 0 fully saturated rings. The summed E-state index contributed by atoms with van der Waals surface area (Å²) in [4.78, 5) is 10.8. The standard InChI is InChI=1S/C14H10Cl2O3/c15-11-3-1-2-4-13(11)19-8-9-5-6-10(14(17)18)12(16)7-9/h1-7H,8H2,(H,17,18). The molecule has 0 aliphatic heterocycles. The summed E-state index contributed by atoms with van der Waals surface area (Å²) in [5.74, 6) is -0.480. The Kier molecular flexibility index (Phi) is 4.30. The Hall–Kier alpha value is -1.71. The highest BCUT2D eigenvalue weighted by molar-refractivity contribution is 6.33. The first kappa shape index (κ1) is 13.7. The highest BCUT2D eigenvalue weighted by Gasteiger charge is 2.09. The second-order valence-corrected chi connectivity index (χ2v) is 4.65. The summed E-state index contributed by atoms with van der Waals surface area (Å²) in [6, 6.07) is 11.8. The molecule has 0 spiro atoms. The molecular formula is C14H10Cl2O3. The van der Waals surface area contributed by atoms with Crippen LogP contribution >= 0.6 is 23.2 Å². The number of hydrogen-bond donors (Lipinski definition) is 1. The maximum absolute atomic E-state index is 10.8. The van der Waals surface area contributed by atoms with Gasteiger partial charge < -0.3 is 9.84 Å². The number of carboxylic acids is 1. The lowest BCUT2D eigenvalue weighted by Crippen LogP contribution is -2.00. The minimum absolute atomic E-state index is 0.0724. The van der Waals surface area contributed by atoms with Crippen LogP contribution in [0.5, 0.6) is 5.75 Å². The smallest absolute Gasteiger partial charge is 0.337 e. The van der Waals surface area contributed by atoms with Crippen LogP contribution in [0.4, 0.5) is 0 Å². The van der Waals surface area contributed by atoms with Crippen LogP contribution in [0.2, 0.25) is 10.0 Å². The highest BCUT2D eigenvalue weighted by atomic mass is 35.5. The number of aromatic carboxylic acids is 1. The summed E-state index contributed by atoms with van der Waals surface area (Å²) >= 11 is 11.8. The van der Waals surface area contributed by atoms with Gasteiger partial charge >= 0.3 is 5.97 Å². The van der Waals surface area contributed by atoms with Gasteiger partial charge in [-0.2, -0.15) is 0 Å². The van der Waals surface area contributed by atoms with Crippen LogP contribution in [-0.2, 0) is 6.61 Å². The molecule has 3 nitrogen and oxygen atoms in total. The van der Waals surface area contributed by atoms with Gasteiger partial charge in [-0.25, -0.2) is 4.79 Å². The minimum Gasteiger partial charge on any atom is -0.487 e. The summed E-state index contributed by atoms with van der Waals surface area (Å²) in [6.07, 6.45) is 0. The van der Waals surface area contributed by atoms with Crippen molar-refractivity contribution in [3.8, 4) is 5.75 Å². The Morgan fingerprint density at radius 2 is 1.84 bits per heavy atom. The summed E-state index contributed by atoms with van der Waals surface area (Å²) in [6.45, 7) is 0.267. The van der Waals surface area contributed by atoms with Gasteiger partial charge in [-0.3, -0.25) is 0 Å². The van der Waals surface area contributed by atoms with Crippen molar-refractivity contribution in [2.75, 3.05) is 0 Å². The molecule has 0 aliphatic rings. The summed E-state index contributed by atoms with van der Waals surface area (Å²) < 4.78 is 5.54. The normalized spacial score (nSPS) is 10.2. The molecule has 0 heterocycles. The van der Waals surface area contributed by atoms with Crippen molar-refractivity contribution in [3.63, 3.8) is 0 Å². The van der Waals surface area contributed by atoms with E-state index in [0.717, 1.165) is 5.56 Å². The number of rotatable bonds is 4. The molecule has 0 saturated carbocycles. The molecule has 0 aromatic heterocycles. The maximum atomic E-state index is 10.8. The SMILES string of the molecule is O=C(O)c1ccc(COc2ccccc2Cl)cc1Cl. The number of hydrogen-bond acceptors (Lipinski definition) is 2. The van der Waals surface area contributed by atoms with Crippen molar-refractivity contribution in [2.24, 2.45) is 0 Å². The van der Waals surface area contributed by atoms with Gasteiger partial charge in [-0.1, -0.05) is 41.4 Å². The van der Waals surface area contributed by atoms with Gasteiger partial charge in [0.1, 0.15) is 12.4 Å². The van der Waals surface area contributed by atoms with Crippen molar-refractivity contribution < 1.29 is 14.6 Å². The Morgan fingerprint density at radius 3 is 2.47 bits per heavy atom. The van der Waals surface area contributed by atoms with E-state index in [1.807, 2.05) is 12.1 Å². The Morgan fingerprint density at radius 1 is 1.11 bits per heavy atom. The minimum atomic E-state index is -1.05. The Labute approximate surface area is 120 Å². The van der Waals surface area contributed by atoms with Crippen LogP contribution < -0.4 is 4.74 Å². The van der Waals surface area contributed by atoms with Crippen molar-refractivity contribution in [1.29, 1.82) is 0 Å². The molecule has 2 aromatic rings. The molecule has 0 bridgehead atoms. The van der Waals surface area contributed by atoms with Crippen LogP contribution in [-0.4, -0.2) is 11.1 Å². The van der Waals surface area contributed by atoms with Gasteiger partial charge in [0, 0.05) is 0 Å². The zero-order chi connectivity index (χ0) is 13.8. The number of carbonyl (C=O) groups is 1. The van der Waals surface area contributed by atoms with E-state index in [-0.39, 0.29) is 17.2 Å². The number of carboxylic acid groups (broad SMARTS) is 1. The average molecular weight is 297 g/mol. The average Bonchev–Trinajstić information content (AvgIpc) is 2.37. The van der Waals surface area contributed by atoms with Gasteiger partial charge in [0.15, 0.2) is 0 Å². The van der Waals surface area contributed by atoms with E-state index in [0.29, 0.717) is 10.8 Å². The molecule has 0 radical (unpaired) electrons. The summed E-state index contributed by atoms with van der Waals surface area (Å²) in [5, 5.41) is 9.58. The topological polar surface area (TPSA) is 46.5 Å². The van der Waals surface area contributed by atoms with Crippen molar-refractivity contribution in [2.45, 2.75) is 6.61 Å². The fourth-order valence-corrected chi connectivity index (χ4v) is 2.02. The molecule has 19 heavy (non-hydrogen) atoms. The summed E-state index contributed by atoms with van der Waals surface area (Å²) in [7, 11) is 0. The highest BCUT2D eigenvalue weighted by Crippen LogP contribution is 2.25. The Bertz CT molecular complexity index is 611. The van der Waals surface area contributed by atoms with Gasteiger partial charge in [0.05, 0.1) is 15.6 Å². The third-order valence-electron chi connectivity index (χ3n) is 2.49. The predicted molar refractivity (Wildman–Crippen MR) is 74.2 cm³/mol. The largest absolute Gasteiger partial charge is 0.487 e. The lowest BCUT2D eigenvalue weighted by Gasteiger charge is -2.08. The van der Waals surface area contributed by atoms with Crippen LogP contribution in [0.15, 0.2) is 42.5 Å². The molecule has 2 aromatic carbocycles. The van der Waals surface area contributed by atoms with Crippen LogP contribution in [0.1, 0.15) is 15.9 Å². The molecule has 2 rings (SSSR count). The number of ether oxygens (including phenoxy) is 1. The first-order valence-electron chi connectivity index (χ1n) is 5.47. The quantitative estimate of drug-likeness (QED) is 0.916. The number of halogens is 2. The van der Waals surface area contributed by atoms with Crippen LogP contribution in [0.3, 0.4) is 0 Å². The van der Waals surface area contributed by atoms with E-state index in [4.69, 9.17) is 33.0 Å². The predicted octanol–water partition coefficient (Wildman–Crippen LogP) is 4.27. The maximum Gasteiger partial charge on any atom is 0.337 e. The molecular weight excluding hydrogens is 287 g/mol. The number of para-hydroxylation sites is 1. The third-order valence-corrected chi connectivity index (χ3v) is 3.12. The molecule has 5 heteroatoms. The van der Waals surface area contributed by atoms with E-state index < -0.39 is 5.97 Å². The van der Waals surface area contributed by atoms with E-state index in [1.165, 1.54) is 6.07 Å². The van der Waals surface area contributed by atoms with Gasteiger partial charge in [-0.15, -0.1) is 0 Å².